The molecule has 0 aromatic carbocycles. The van der Waals surface area contributed by atoms with Gasteiger partial charge in [0.25, 0.3) is 0 Å². The Morgan fingerprint density at radius 1 is 1.07 bits per heavy atom. The summed E-state index contributed by atoms with van der Waals surface area (Å²) in [5.41, 5.74) is 0.621. The third-order valence-electron chi connectivity index (χ3n) is 4.77. The van der Waals surface area contributed by atoms with Gasteiger partial charge < -0.3 is 5.32 Å². The second-order valence-corrected chi connectivity index (χ2v) is 5.40. The van der Waals surface area contributed by atoms with E-state index in [-0.39, 0.29) is 0 Å². The van der Waals surface area contributed by atoms with E-state index in [9.17, 15) is 0 Å². The van der Waals surface area contributed by atoms with Crippen LogP contribution in [0.4, 0.5) is 0 Å². The van der Waals surface area contributed by atoms with Crippen molar-refractivity contribution in [1.29, 1.82) is 0 Å². The van der Waals surface area contributed by atoms with E-state index in [1.165, 1.54) is 51.6 Å². The van der Waals surface area contributed by atoms with E-state index in [0.717, 1.165) is 11.8 Å². The minimum absolute atomic E-state index is 0.621. The summed E-state index contributed by atoms with van der Waals surface area (Å²) in [6.07, 6.45) is 13.9. The van der Waals surface area contributed by atoms with Crippen LogP contribution in [0.1, 0.15) is 38.5 Å². The molecule has 1 nitrogen and oxygen atoms in total. The molecule has 1 spiro atoms. The van der Waals surface area contributed by atoms with E-state index in [1.54, 1.807) is 0 Å². The maximum absolute atomic E-state index is 3.50. The van der Waals surface area contributed by atoms with Crippen molar-refractivity contribution in [3.05, 3.63) is 12.2 Å². The molecular weight excluding hydrogens is 170 g/mol. The van der Waals surface area contributed by atoms with E-state index in [0.29, 0.717) is 5.41 Å². The first-order valence-electron chi connectivity index (χ1n) is 6.31. The predicted molar refractivity (Wildman–Crippen MR) is 59.1 cm³/mol. The smallest absolute Gasteiger partial charge is 0.00405 e. The molecule has 1 saturated carbocycles. The topological polar surface area (TPSA) is 12.0 Å². The normalized spacial score (nSPS) is 40.0. The van der Waals surface area contributed by atoms with Crippen LogP contribution in [0, 0.1) is 17.3 Å². The molecule has 2 aliphatic carbocycles. The lowest BCUT2D eigenvalue weighted by atomic mass is 9.64. The van der Waals surface area contributed by atoms with Crippen LogP contribution < -0.4 is 5.32 Å². The lowest BCUT2D eigenvalue weighted by molar-refractivity contribution is 0.114. The third kappa shape index (κ3) is 1.25. The van der Waals surface area contributed by atoms with Gasteiger partial charge in [-0.2, -0.15) is 0 Å². The molecular formula is C13H21N. The second-order valence-electron chi connectivity index (χ2n) is 5.40. The average molecular weight is 191 g/mol. The Balaban J connectivity index is 1.82. The van der Waals surface area contributed by atoms with Crippen LogP contribution in [0.2, 0.25) is 0 Å². The molecule has 1 saturated heterocycles. The summed E-state index contributed by atoms with van der Waals surface area (Å²) >= 11 is 0. The second kappa shape index (κ2) is 3.37. The molecule has 1 N–H and O–H groups in total. The Bertz CT molecular complexity index is 238. The van der Waals surface area contributed by atoms with Crippen molar-refractivity contribution in [2.45, 2.75) is 38.5 Å². The number of fused-ring (bicyclic) bond motifs is 2. The van der Waals surface area contributed by atoms with Crippen molar-refractivity contribution in [1.82, 2.24) is 5.32 Å². The summed E-state index contributed by atoms with van der Waals surface area (Å²) in [6, 6.07) is 0. The number of hydrogen-bond donors (Lipinski definition) is 1. The summed E-state index contributed by atoms with van der Waals surface area (Å²) in [6.45, 7) is 2.49. The van der Waals surface area contributed by atoms with Crippen molar-refractivity contribution >= 4 is 0 Å². The van der Waals surface area contributed by atoms with Gasteiger partial charge in [-0.05, 0) is 56.0 Å². The lowest BCUT2D eigenvalue weighted by Crippen LogP contribution is -2.40. The van der Waals surface area contributed by atoms with E-state index < -0.39 is 0 Å². The Labute approximate surface area is 87.0 Å². The van der Waals surface area contributed by atoms with Crippen molar-refractivity contribution in [3.8, 4) is 0 Å². The van der Waals surface area contributed by atoms with Gasteiger partial charge in [0.2, 0.25) is 0 Å². The van der Waals surface area contributed by atoms with Crippen LogP contribution in [0.15, 0.2) is 12.2 Å². The molecule has 3 rings (SSSR count). The number of nitrogens with one attached hydrogen (secondary N) is 1. The third-order valence-corrected chi connectivity index (χ3v) is 4.77. The average Bonchev–Trinajstić information content (AvgIpc) is 2.60. The number of rotatable bonds is 0. The zero-order valence-electron chi connectivity index (χ0n) is 8.97. The standard InChI is InChI=1S/C13H21N/c1-2-4-12-11(3-1)5-6-13(12)7-9-14-10-8-13/h5-6,11-12,14H,1-4,7-10H2. The highest BCUT2D eigenvalue weighted by molar-refractivity contribution is 5.16. The van der Waals surface area contributed by atoms with Crippen LogP contribution in [0.5, 0.6) is 0 Å². The molecule has 1 heterocycles. The maximum atomic E-state index is 3.50. The Kier molecular flexibility index (Phi) is 2.16. The molecule has 0 aromatic rings. The highest BCUT2D eigenvalue weighted by Gasteiger charge is 2.45. The summed E-state index contributed by atoms with van der Waals surface area (Å²) in [4.78, 5) is 0. The van der Waals surface area contributed by atoms with Gasteiger partial charge in [0.1, 0.15) is 0 Å². The molecule has 2 atom stereocenters. The van der Waals surface area contributed by atoms with Crippen LogP contribution >= 0.6 is 0 Å². The summed E-state index contributed by atoms with van der Waals surface area (Å²) in [5.74, 6) is 1.96. The van der Waals surface area contributed by atoms with Gasteiger partial charge in [0.05, 0.1) is 0 Å². The SMILES string of the molecule is C1=CC2(CCNCC2)C2CCCCC12. The number of hydrogen-bond acceptors (Lipinski definition) is 1. The molecule has 78 valence electrons. The minimum atomic E-state index is 0.621. The molecule has 0 radical (unpaired) electrons. The highest BCUT2D eigenvalue weighted by Crippen LogP contribution is 2.53. The molecule has 0 aromatic heterocycles. The Morgan fingerprint density at radius 3 is 2.71 bits per heavy atom. The fraction of sp³-hybridized carbons (Fsp3) is 0.846. The molecule has 2 fully saturated rings. The zero-order chi connectivity index (χ0) is 9.43. The number of allylic oxidation sites excluding steroid dienone is 2. The van der Waals surface area contributed by atoms with E-state index in [4.69, 9.17) is 0 Å². The summed E-state index contributed by atoms with van der Waals surface area (Å²) < 4.78 is 0. The van der Waals surface area contributed by atoms with E-state index in [1.807, 2.05) is 0 Å². The molecule has 14 heavy (non-hydrogen) atoms. The van der Waals surface area contributed by atoms with E-state index >= 15 is 0 Å². The van der Waals surface area contributed by atoms with Crippen molar-refractivity contribution in [2.24, 2.45) is 17.3 Å². The van der Waals surface area contributed by atoms with Gasteiger partial charge in [0, 0.05) is 0 Å². The minimum Gasteiger partial charge on any atom is -0.317 e. The summed E-state index contributed by atoms with van der Waals surface area (Å²) in [7, 11) is 0. The van der Waals surface area contributed by atoms with Gasteiger partial charge in [-0.25, -0.2) is 0 Å². The van der Waals surface area contributed by atoms with Gasteiger partial charge in [-0.3, -0.25) is 0 Å². The van der Waals surface area contributed by atoms with Crippen LogP contribution in [0.25, 0.3) is 0 Å². The van der Waals surface area contributed by atoms with Gasteiger partial charge in [0.15, 0.2) is 0 Å². The van der Waals surface area contributed by atoms with Gasteiger partial charge >= 0.3 is 0 Å². The Morgan fingerprint density at radius 2 is 1.86 bits per heavy atom. The molecule has 0 amide bonds. The molecule has 1 aliphatic heterocycles. The largest absolute Gasteiger partial charge is 0.317 e. The first-order chi connectivity index (χ1) is 6.91. The van der Waals surface area contributed by atoms with Crippen molar-refractivity contribution < 1.29 is 0 Å². The molecule has 2 unspecified atom stereocenters. The Hall–Kier alpha value is -0.300. The van der Waals surface area contributed by atoms with Gasteiger partial charge in [-0.1, -0.05) is 25.0 Å². The molecule has 1 heteroatoms. The van der Waals surface area contributed by atoms with Crippen LogP contribution in [-0.4, -0.2) is 13.1 Å². The fourth-order valence-electron chi connectivity index (χ4n) is 3.97. The van der Waals surface area contributed by atoms with Crippen molar-refractivity contribution in [2.75, 3.05) is 13.1 Å². The van der Waals surface area contributed by atoms with Crippen LogP contribution in [0.3, 0.4) is 0 Å². The lowest BCUT2D eigenvalue weighted by Gasteiger charge is -2.42. The van der Waals surface area contributed by atoms with Crippen LogP contribution in [-0.2, 0) is 0 Å². The quantitative estimate of drug-likeness (QED) is 0.581. The zero-order valence-corrected chi connectivity index (χ0v) is 8.97. The fourth-order valence-corrected chi connectivity index (χ4v) is 3.97. The first-order valence-corrected chi connectivity index (χ1v) is 6.31. The highest BCUT2D eigenvalue weighted by atomic mass is 14.9. The molecule has 3 aliphatic rings. The summed E-state index contributed by atoms with van der Waals surface area (Å²) in [5, 5.41) is 3.50. The maximum Gasteiger partial charge on any atom is -0.00405 e. The first kappa shape index (κ1) is 8.96. The van der Waals surface area contributed by atoms with Crippen molar-refractivity contribution in [3.63, 3.8) is 0 Å². The number of piperidine rings is 1. The molecule has 0 bridgehead atoms. The van der Waals surface area contributed by atoms with Gasteiger partial charge in [-0.15, -0.1) is 0 Å². The predicted octanol–water partition coefficient (Wildman–Crippen LogP) is 2.73. The monoisotopic (exact) mass is 191 g/mol. The van der Waals surface area contributed by atoms with E-state index in [2.05, 4.69) is 17.5 Å².